The van der Waals surface area contributed by atoms with Crippen LogP contribution in [0.1, 0.15) is 27.2 Å². The Labute approximate surface area is 164 Å². The van der Waals surface area contributed by atoms with Crippen molar-refractivity contribution in [1.29, 1.82) is 0 Å². The molecule has 6 N–H and O–H groups in total. The van der Waals surface area contributed by atoms with Crippen LogP contribution in [0, 0.1) is 5.92 Å². The van der Waals surface area contributed by atoms with E-state index in [1.807, 2.05) is 13.8 Å². The molecule has 0 aliphatic heterocycles. The first kappa shape index (κ1) is 24.5. The van der Waals surface area contributed by atoms with E-state index in [2.05, 4.69) is 41.2 Å². The number of nitrogens with two attached hydrogens (primary N) is 1. The van der Waals surface area contributed by atoms with Gasteiger partial charge in [0, 0.05) is 11.5 Å². The summed E-state index contributed by atoms with van der Waals surface area (Å²) in [6.07, 6.45) is 0.299. The van der Waals surface area contributed by atoms with Gasteiger partial charge in [-0.15, -0.1) is 0 Å². The Kier molecular flexibility index (Phi) is 11.3. The van der Waals surface area contributed by atoms with E-state index in [1.54, 1.807) is 0 Å². The zero-order valence-corrected chi connectivity index (χ0v) is 16.8. The van der Waals surface area contributed by atoms with Gasteiger partial charge in [0.1, 0.15) is 18.1 Å². The van der Waals surface area contributed by atoms with Crippen LogP contribution in [0.2, 0.25) is 0 Å². The van der Waals surface area contributed by atoms with Crippen molar-refractivity contribution in [3.63, 3.8) is 0 Å². The number of rotatable bonds is 11. The maximum absolute atomic E-state index is 12.4. The van der Waals surface area contributed by atoms with E-state index in [-0.39, 0.29) is 17.4 Å². The van der Waals surface area contributed by atoms with Crippen molar-refractivity contribution >= 4 is 48.9 Å². The molecule has 0 heterocycles. The van der Waals surface area contributed by atoms with E-state index in [9.17, 15) is 19.2 Å². The molecule has 0 fully saturated rings. The van der Waals surface area contributed by atoms with Gasteiger partial charge in [-0.3, -0.25) is 19.2 Å². The van der Waals surface area contributed by atoms with Gasteiger partial charge in [-0.05, 0) is 19.3 Å². The highest BCUT2D eigenvalue weighted by atomic mass is 32.1. The Morgan fingerprint density at radius 2 is 1.38 bits per heavy atom. The van der Waals surface area contributed by atoms with Crippen molar-refractivity contribution in [3.8, 4) is 0 Å². The second-order valence-electron chi connectivity index (χ2n) is 6.29. The highest BCUT2D eigenvalue weighted by Gasteiger charge is 2.29. The lowest BCUT2D eigenvalue weighted by Gasteiger charge is -2.24. The fourth-order valence-electron chi connectivity index (χ4n) is 1.91. The lowest BCUT2D eigenvalue weighted by molar-refractivity contribution is -0.141. The molecule has 0 rings (SSSR count). The van der Waals surface area contributed by atoms with Gasteiger partial charge in [0.05, 0.1) is 6.04 Å². The van der Waals surface area contributed by atoms with Crippen molar-refractivity contribution in [2.75, 3.05) is 11.5 Å². The lowest BCUT2D eigenvalue weighted by Crippen LogP contribution is -2.57. The minimum absolute atomic E-state index is 0.00158. The summed E-state index contributed by atoms with van der Waals surface area (Å²) >= 11 is 7.96. The topological polar surface area (TPSA) is 151 Å². The first-order valence-corrected chi connectivity index (χ1v) is 9.41. The summed E-state index contributed by atoms with van der Waals surface area (Å²) in [7, 11) is 0. The zero-order chi connectivity index (χ0) is 20.4. The van der Waals surface area contributed by atoms with Gasteiger partial charge in [-0.2, -0.15) is 25.3 Å². The number of aliphatic carboxylic acids is 1. The fourth-order valence-corrected chi connectivity index (χ4v) is 2.33. The third-order valence-electron chi connectivity index (χ3n) is 3.42. The molecule has 4 unspecified atom stereocenters. The van der Waals surface area contributed by atoms with E-state index in [0.29, 0.717) is 6.42 Å². The second kappa shape index (κ2) is 12.0. The van der Waals surface area contributed by atoms with Crippen molar-refractivity contribution in [2.45, 2.75) is 51.4 Å². The van der Waals surface area contributed by atoms with Crippen molar-refractivity contribution in [2.24, 2.45) is 11.7 Å². The highest BCUT2D eigenvalue weighted by molar-refractivity contribution is 7.80. The largest absolute Gasteiger partial charge is 0.480 e. The van der Waals surface area contributed by atoms with Gasteiger partial charge in [-0.25, -0.2) is 0 Å². The molecule has 0 aliphatic rings. The summed E-state index contributed by atoms with van der Waals surface area (Å²) in [5.41, 5.74) is 5.55. The average molecular weight is 409 g/mol. The number of thiol groups is 2. The van der Waals surface area contributed by atoms with E-state index in [1.165, 1.54) is 6.92 Å². The Bertz CT molecular complexity index is 518. The van der Waals surface area contributed by atoms with Crippen LogP contribution in [0.15, 0.2) is 0 Å². The monoisotopic (exact) mass is 408 g/mol. The Hall–Kier alpha value is -1.46. The molecule has 0 aromatic rings. The predicted molar refractivity (Wildman–Crippen MR) is 104 cm³/mol. The summed E-state index contributed by atoms with van der Waals surface area (Å²) in [5, 5.41) is 16.2. The third-order valence-corrected chi connectivity index (χ3v) is 4.18. The molecule has 0 aromatic carbocycles. The third kappa shape index (κ3) is 8.77. The fraction of sp³-hybridized carbons (Fsp3) is 0.733. The normalized spacial score (nSPS) is 15.5. The highest BCUT2D eigenvalue weighted by Crippen LogP contribution is 2.06. The molecular formula is C15H28N4O5S2. The number of hydrogen-bond acceptors (Lipinski definition) is 7. The number of carboxylic acids is 1. The summed E-state index contributed by atoms with van der Waals surface area (Å²) in [6, 6.07) is -3.90. The summed E-state index contributed by atoms with van der Waals surface area (Å²) in [4.78, 5) is 47.4. The smallest absolute Gasteiger partial charge is 0.325 e. The van der Waals surface area contributed by atoms with Gasteiger partial charge in [-0.1, -0.05) is 13.8 Å². The molecule has 0 saturated heterocycles. The SMILES string of the molecule is CC(C)CC(NC(=O)C(CS)NC(=O)C(N)CS)C(=O)NC(C)C(=O)O. The van der Waals surface area contributed by atoms with Crippen molar-refractivity contribution in [1.82, 2.24) is 16.0 Å². The number of amides is 3. The molecule has 0 aromatic heterocycles. The quantitative estimate of drug-likeness (QED) is 0.213. The van der Waals surface area contributed by atoms with Crippen LogP contribution in [-0.2, 0) is 19.2 Å². The number of carboxylic acid groups (broad SMARTS) is 1. The molecule has 0 radical (unpaired) electrons. The molecule has 9 nitrogen and oxygen atoms in total. The second-order valence-corrected chi connectivity index (χ2v) is 7.02. The average Bonchev–Trinajstić information content (AvgIpc) is 2.56. The van der Waals surface area contributed by atoms with E-state index in [4.69, 9.17) is 10.8 Å². The minimum atomic E-state index is -1.19. The standard InChI is InChI=1S/C15H28N4O5S2/c1-7(2)4-10(13(21)17-8(3)15(23)24)18-14(22)11(6-26)19-12(20)9(16)5-25/h7-11,25-26H,4-6,16H2,1-3H3,(H,17,21)(H,18,22)(H,19,20)(H,23,24). The summed E-state index contributed by atoms with van der Waals surface area (Å²) in [5.74, 6) is -2.79. The Morgan fingerprint density at radius 3 is 1.81 bits per heavy atom. The van der Waals surface area contributed by atoms with Crippen LogP contribution in [0.3, 0.4) is 0 Å². The molecule has 11 heteroatoms. The summed E-state index contributed by atoms with van der Waals surface area (Å²) < 4.78 is 0. The van der Waals surface area contributed by atoms with Gasteiger partial charge in [0.2, 0.25) is 17.7 Å². The van der Waals surface area contributed by atoms with E-state index in [0.717, 1.165) is 0 Å². The molecule has 0 saturated carbocycles. The Morgan fingerprint density at radius 1 is 0.885 bits per heavy atom. The van der Waals surface area contributed by atoms with Gasteiger partial charge >= 0.3 is 5.97 Å². The van der Waals surface area contributed by atoms with Gasteiger partial charge in [0.15, 0.2) is 0 Å². The van der Waals surface area contributed by atoms with Crippen molar-refractivity contribution < 1.29 is 24.3 Å². The summed E-state index contributed by atoms with van der Waals surface area (Å²) in [6.45, 7) is 5.04. The van der Waals surface area contributed by atoms with Crippen LogP contribution >= 0.6 is 25.3 Å². The number of carbonyl (C=O) groups is 4. The zero-order valence-electron chi connectivity index (χ0n) is 15.1. The van der Waals surface area contributed by atoms with E-state index < -0.39 is 47.9 Å². The maximum atomic E-state index is 12.4. The molecule has 0 spiro atoms. The van der Waals surface area contributed by atoms with Gasteiger partial charge < -0.3 is 26.8 Å². The van der Waals surface area contributed by atoms with Crippen LogP contribution in [0.4, 0.5) is 0 Å². The number of nitrogens with one attached hydrogen (secondary N) is 3. The molecule has 0 bridgehead atoms. The lowest BCUT2D eigenvalue weighted by atomic mass is 10.0. The van der Waals surface area contributed by atoms with Gasteiger partial charge in [0.25, 0.3) is 0 Å². The van der Waals surface area contributed by atoms with Crippen molar-refractivity contribution in [3.05, 3.63) is 0 Å². The Balaban J connectivity index is 5.06. The molecular weight excluding hydrogens is 380 g/mol. The minimum Gasteiger partial charge on any atom is -0.480 e. The molecule has 3 amide bonds. The van der Waals surface area contributed by atoms with Crippen LogP contribution in [-0.4, -0.2) is 64.5 Å². The van der Waals surface area contributed by atoms with Crippen LogP contribution in [0.5, 0.6) is 0 Å². The predicted octanol–water partition coefficient (Wildman–Crippen LogP) is -1.22. The molecule has 0 aliphatic carbocycles. The molecule has 4 atom stereocenters. The van der Waals surface area contributed by atoms with E-state index >= 15 is 0 Å². The first-order chi connectivity index (χ1) is 12.0. The maximum Gasteiger partial charge on any atom is 0.325 e. The van der Waals surface area contributed by atoms with Crippen LogP contribution in [0.25, 0.3) is 0 Å². The molecule has 150 valence electrons. The molecule has 26 heavy (non-hydrogen) atoms. The van der Waals surface area contributed by atoms with Crippen LogP contribution < -0.4 is 21.7 Å². The first-order valence-electron chi connectivity index (χ1n) is 8.14. The number of hydrogen-bond donors (Lipinski definition) is 7. The number of carbonyl (C=O) groups excluding carboxylic acids is 3.